The second-order valence-electron chi connectivity index (χ2n) is 32.9. The van der Waals surface area contributed by atoms with Gasteiger partial charge in [-0.2, -0.15) is 0 Å². The van der Waals surface area contributed by atoms with Crippen LogP contribution >= 0.6 is 70.6 Å². The molecule has 6 unspecified atom stereocenters. The number of fused-ring (bicyclic) bond motifs is 6. The van der Waals surface area contributed by atoms with E-state index in [1.54, 1.807) is 101 Å². The first-order valence-corrected chi connectivity index (χ1v) is 52.0. The zero-order valence-corrected chi connectivity index (χ0v) is 87.4. The highest BCUT2D eigenvalue weighted by atomic mass is 32.2. The Morgan fingerprint density at radius 2 is 0.456 bits per heavy atom. The summed E-state index contributed by atoms with van der Waals surface area (Å²) in [6.07, 6.45) is 12.0. The molecule has 18 aromatic rings. The molecule has 0 amide bonds. The van der Waals surface area contributed by atoms with Crippen LogP contribution in [0.5, 0.6) is 34.5 Å². The summed E-state index contributed by atoms with van der Waals surface area (Å²) in [5.74, 6) is -0.0177. The van der Waals surface area contributed by atoms with Crippen LogP contribution in [-0.4, -0.2) is 171 Å². The van der Waals surface area contributed by atoms with Gasteiger partial charge in [-0.15, -0.1) is 70.6 Å². The van der Waals surface area contributed by atoms with Gasteiger partial charge in [-0.25, -0.2) is 0 Å². The predicted octanol–water partition coefficient (Wildman–Crippen LogP) is 28.0. The number of pyridine rings is 6. The lowest BCUT2D eigenvalue weighted by Crippen LogP contribution is -2.14. The van der Waals surface area contributed by atoms with Crippen LogP contribution in [0.1, 0.15) is 60.8 Å². The van der Waals surface area contributed by atoms with Gasteiger partial charge in [-0.05, 0) is 266 Å². The maximum atomic E-state index is 11.4. The van der Waals surface area contributed by atoms with Crippen LogP contribution in [0, 0.1) is 0 Å². The molecule has 0 aliphatic heterocycles. The predicted molar refractivity (Wildman–Crippen MR) is 594 cm³/mol. The van der Waals surface area contributed by atoms with Gasteiger partial charge < -0.3 is 59.1 Å². The summed E-state index contributed by atoms with van der Waals surface area (Å²) < 4.78 is 31.9. The molecule has 0 aliphatic rings. The lowest BCUT2D eigenvalue weighted by atomic mass is 10.0. The van der Waals surface area contributed by atoms with Crippen LogP contribution in [0.15, 0.2) is 358 Å². The van der Waals surface area contributed by atoms with E-state index >= 15 is 0 Å². The summed E-state index contributed by atoms with van der Waals surface area (Å²) in [5, 5.41) is 58.3. The molecule has 0 bridgehead atoms. The van der Waals surface area contributed by atoms with Crippen LogP contribution in [0.25, 0.3) is 132 Å². The summed E-state index contributed by atoms with van der Waals surface area (Å²) in [6, 6.07) is 94.5. The SMILES string of the molecule is CCC(Sc1ccnc2ccc(-c3ccc(OC)cc3)cc12)C(=O)O.CCC(Sc1ccnc2ccc(-c3cccc(OC)c3)cc12)C(=O)O.CCC(Sc1ccnc2ccc(-c3ccccc3OC)cc12)C(=O)O.COc1ccc(-c2ccc3nccc(SC(C)C(=O)O)c3c2)cc1.COc1cccc(-c2ccc3nccc(SC(C)C(=O)O)c3c2)c1.COc1ccccc1-c1ccc2nccc(SC(C)C(=O)O)c2c1. The largest absolute Gasteiger partial charge is 0.497 e. The van der Waals surface area contributed by atoms with Crippen LogP contribution in [0.4, 0.5) is 0 Å². The number of thioether (sulfide) groups is 6. The Morgan fingerprint density at radius 3 is 0.694 bits per heavy atom. The van der Waals surface area contributed by atoms with E-state index in [1.807, 2.05) is 288 Å². The van der Waals surface area contributed by atoms with E-state index < -0.39 is 67.3 Å². The summed E-state index contributed by atoms with van der Waals surface area (Å²) in [7, 11) is 9.88. The van der Waals surface area contributed by atoms with Crippen molar-refractivity contribution < 1.29 is 87.8 Å². The van der Waals surface area contributed by atoms with Crippen molar-refractivity contribution in [2.24, 2.45) is 0 Å². The number of aromatic nitrogens is 6. The van der Waals surface area contributed by atoms with E-state index in [0.717, 1.165) is 196 Å². The number of carboxylic acid groups (broad SMARTS) is 6. The van der Waals surface area contributed by atoms with Crippen molar-refractivity contribution >= 4 is 172 Å². The zero-order chi connectivity index (χ0) is 105. The van der Waals surface area contributed by atoms with E-state index in [9.17, 15) is 44.1 Å². The Labute approximate surface area is 877 Å². The van der Waals surface area contributed by atoms with Gasteiger partial charge in [0.2, 0.25) is 0 Å². The van der Waals surface area contributed by atoms with E-state index in [1.165, 1.54) is 70.6 Å². The Bertz CT molecular complexity index is 7700. The van der Waals surface area contributed by atoms with Crippen molar-refractivity contribution in [3.8, 4) is 101 Å². The number of nitrogens with zero attached hydrogens (tertiary/aromatic N) is 6. The number of carbonyl (C=O) groups is 6. The van der Waals surface area contributed by atoms with Gasteiger partial charge >= 0.3 is 35.8 Å². The molecule has 0 saturated heterocycles. The molecular formula is C117H108N6O18S6. The number of para-hydroxylation sites is 2. The highest BCUT2D eigenvalue weighted by Gasteiger charge is 2.25. The van der Waals surface area contributed by atoms with Crippen LogP contribution in [0.2, 0.25) is 0 Å². The first kappa shape index (κ1) is 109. The number of ether oxygens (including phenoxy) is 6. The first-order chi connectivity index (χ1) is 71.1. The van der Waals surface area contributed by atoms with Gasteiger partial charge in [0, 0.05) is 110 Å². The molecule has 6 atom stereocenters. The number of hydrogen-bond donors (Lipinski definition) is 6. The molecule has 18 rings (SSSR count). The Kier molecular flexibility index (Phi) is 39.4. The summed E-state index contributed by atoms with van der Waals surface area (Å²) in [6.45, 7) is 10.7. The highest BCUT2D eigenvalue weighted by molar-refractivity contribution is 8.02. The molecular weight excluding hydrogens is 1970 g/mol. The standard InChI is InChI=1S/3C20H19NO3S.3C19H17NO3S/c1-3-18(20(22)23)25-19-10-11-21-17-9-6-14(12-16(17)19)13-4-7-15(24-2)8-5-13;1-3-18(20(22)23)25-19-9-10-21-17-8-7-14(12-16(17)19)13-5-4-6-15(11-13)24-2;1-3-18(20(22)23)25-19-10-11-21-16-9-8-13(12-15(16)19)14-6-4-5-7-17(14)24-2;1-12(19(21)22)24-18-9-10-20-17-8-5-14(11-16(17)18)13-3-6-15(23-2)7-4-13;1-12(19(21)22)24-18-8-9-20-17-7-6-14(11-16(17)18)13-4-3-5-15(10-13)23-2;1-12(19(21)22)24-18-9-10-20-16-8-7-13(11-15(16)18)14-5-3-4-6-17(14)23-2/h3*4-12,18H,3H2,1-2H3,(H,22,23);3*3-12H,1-2H3,(H,21,22). The molecule has 6 N–H and O–H groups in total. The third kappa shape index (κ3) is 28.7. The Morgan fingerprint density at radius 1 is 0.231 bits per heavy atom. The Hall–Kier alpha value is -15.2. The fourth-order valence-electron chi connectivity index (χ4n) is 15.4. The monoisotopic (exact) mass is 2080 g/mol. The summed E-state index contributed by atoms with van der Waals surface area (Å²) >= 11 is 8.10. The minimum absolute atomic E-state index is 0.463. The third-order valence-corrected chi connectivity index (χ3v) is 31.2. The van der Waals surface area contributed by atoms with Crippen molar-refractivity contribution in [2.75, 3.05) is 42.7 Å². The number of benzene rings is 12. The molecule has 0 saturated carbocycles. The van der Waals surface area contributed by atoms with Gasteiger partial charge in [0.05, 0.1) is 75.8 Å². The van der Waals surface area contributed by atoms with Crippen molar-refractivity contribution in [3.63, 3.8) is 0 Å². The first-order valence-electron chi connectivity index (χ1n) is 46.7. The summed E-state index contributed by atoms with van der Waals surface area (Å²) in [5.41, 5.74) is 17.6. The van der Waals surface area contributed by atoms with Gasteiger partial charge in [-0.1, -0.05) is 142 Å². The lowest BCUT2D eigenvalue weighted by Gasteiger charge is -2.13. The highest BCUT2D eigenvalue weighted by Crippen LogP contribution is 2.44. The fourth-order valence-corrected chi connectivity index (χ4v) is 21.2. The number of methoxy groups -OCH3 is 6. The molecule has 6 heterocycles. The van der Waals surface area contributed by atoms with Crippen molar-refractivity contribution in [2.45, 2.75) is 122 Å². The number of carboxylic acids is 6. The van der Waals surface area contributed by atoms with Gasteiger partial charge in [0.15, 0.2) is 0 Å². The van der Waals surface area contributed by atoms with E-state index in [0.29, 0.717) is 19.3 Å². The quantitative estimate of drug-likeness (QED) is 0.0208. The lowest BCUT2D eigenvalue weighted by molar-refractivity contribution is -0.137. The van der Waals surface area contributed by atoms with E-state index in [-0.39, 0.29) is 0 Å². The third-order valence-electron chi connectivity index (χ3n) is 23.4. The van der Waals surface area contributed by atoms with Crippen LogP contribution in [0.3, 0.4) is 0 Å². The second kappa shape index (κ2) is 53.1. The van der Waals surface area contributed by atoms with Gasteiger partial charge in [0.25, 0.3) is 0 Å². The van der Waals surface area contributed by atoms with Crippen LogP contribution in [-0.2, 0) is 28.8 Å². The summed E-state index contributed by atoms with van der Waals surface area (Å²) in [4.78, 5) is 99.5. The molecule has 12 aromatic carbocycles. The minimum Gasteiger partial charge on any atom is -0.497 e. The van der Waals surface area contributed by atoms with Crippen molar-refractivity contribution in [1.82, 2.24) is 29.9 Å². The molecule has 0 radical (unpaired) electrons. The minimum atomic E-state index is -0.828. The molecule has 6 aromatic heterocycles. The average Bonchev–Trinajstić information content (AvgIpc) is 0.808. The number of rotatable bonds is 33. The molecule has 750 valence electrons. The molecule has 24 nitrogen and oxygen atoms in total. The Balaban J connectivity index is 0.000000147. The van der Waals surface area contributed by atoms with E-state index in [2.05, 4.69) is 54.2 Å². The maximum Gasteiger partial charge on any atom is 0.316 e. The maximum absolute atomic E-state index is 11.4. The topological polar surface area (TPSA) is 357 Å². The van der Waals surface area contributed by atoms with Crippen molar-refractivity contribution in [1.29, 1.82) is 0 Å². The molecule has 0 fully saturated rings. The second-order valence-corrected chi connectivity index (χ2v) is 40.8. The van der Waals surface area contributed by atoms with E-state index in [4.69, 9.17) is 43.7 Å². The van der Waals surface area contributed by atoms with Gasteiger partial charge in [0.1, 0.15) is 66.0 Å². The number of aliphatic carboxylic acids is 6. The molecule has 0 spiro atoms. The zero-order valence-electron chi connectivity index (χ0n) is 82.5. The smallest absolute Gasteiger partial charge is 0.316 e. The molecule has 147 heavy (non-hydrogen) atoms. The molecule has 0 aliphatic carbocycles. The van der Waals surface area contributed by atoms with Crippen LogP contribution < -0.4 is 28.4 Å². The number of hydrogen-bond acceptors (Lipinski definition) is 24. The van der Waals surface area contributed by atoms with Gasteiger partial charge in [-0.3, -0.25) is 58.7 Å². The van der Waals surface area contributed by atoms with Crippen molar-refractivity contribution in [3.05, 3.63) is 328 Å². The average molecular weight is 2080 g/mol. The fraction of sp³-hybridized carbons (Fsp3) is 0.179. The normalized spacial score (nSPS) is 12.1. The molecule has 30 heteroatoms.